The third kappa shape index (κ3) is 5.85. The average molecular weight is 394 g/mol. The fraction of sp³-hybridized carbons (Fsp3) is 0.333. The van der Waals surface area contributed by atoms with Crippen LogP contribution in [0.15, 0.2) is 45.8 Å². The van der Waals surface area contributed by atoms with Gasteiger partial charge in [-0.1, -0.05) is 19.1 Å². The largest absolute Gasteiger partial charge is 0.355 e. The molecule has 1 aromatic heterocycles. The van der Waals surface area contributed by atoms with E-state index in [1.54, 1.807) is 12.3 Å². The van der Waals surface area contributed by atoms with Gasteiger partial charge in [-0.25, -0.2) is 4.79 Å². The van der Waals surface area contributed by atoms with Gasteiger partial charge in [-0.05, 0) is 65.4 Å². The van der Waals surface area contributed by atoms with Crippen molar-refractivity contribution in [1.29, 1.82) is 0 Å². The third-order valence-electron chi connectivity index (χ3n) is 3.44. The summed E-state index contributed by atoms with van der Waals surface area (Å²) in [6.07, 6.45) is 5.00. The molecule has 0 bridgehead atoms. The first kappa shape index (κ1) is 18.3. The molecule has 0 atom stereocenters. The third-order valence-corrected chi connectivity index (χ3v) is 3.90. The standard InChI is InChI=1S/C18H20BrNO4/c1-2-5-17(21)24-23-16-9-4-7-13(10-16)6-3-8-14-11-15(19)12-20-18(14)22/h4,7,9-12H,2-3,5-6,8H2,1H3,(H,20,22). The van der Waals surface area contributed by atoms with Crippen LogP contribution in [-0.4, -0.2) is 11.0 Å². The number of aryl methyl sites for hydroxylation is 2. The van der Waals surface area contributed by atoms with E-state index in [1.807, 2.05) is 31.2 Å². The van der Waals surface area contributed by atoms with Crippen molar-refractivity contribution in [3.8, 4) is 5.75 Å². The van der Waals surface area contributed by atoms with Gasteiger partial charge in [0.1, 0.15) is 0 Å². The SMILES string of the molecule is CCCC(=O)OOc1cccc(CCCc2cc(Br)c[nH]c2=O)c1. The Kier molecular flexibility index (Phi) is 7.06. The molecule has 0 aliphatic heterocycles. The van der Waals surface area contributed by atoms with Gasteiger partial charge in [0, 0.05) is 22.7 Å². The van der Waals surface area contributed by atoms with Crippen LogP contribution in [0, 0.1) is 0 Å². The molecule has 0 fully saturated rings. The molecule has 6 heteroatoms. The number of rotatable bonds is 8. The molecule has 1 heterocycles. The van der Waals surface area contributed by atoms with E-state index in [2.05, 4.69) is 20.9 Å². The summed E-state index contributed by atoms with van der Waals surface area (Å²) in [5.74, 6) is 0.119. The number of benzene rings is 1. The number of carbonyl (C=O) groups excluding carboxylic acids is 1. The minimum atomic E-state index is -0.378. The van der Waals surface area contributed by atoms with Gasteiger partial charge in [0.05, 0.1) is 0 Å². The molecule has 0 radical (unpaired) electrons. The Balaban J connectivity index is 1.86. The first-order valence-electron chi connectivity index (χ1n) is 7.92. The summed E-state index contributed by atoms with van der Waals surface area (Å²) in [6, 6.07) is 9.24. The molecule has 0 aliphatic carbocycles. The Morgan fingerprint density at radius 1 is 1.25 bits per heavy atom. The molecule has 0 spiro atoms. The number of halogens is 1. The van der Waals surface area contributed by atoms with Gasteiger partial charge in [-0.15, -0.1) is 0 Å². The number of H-pyrrole nitrogens is 1. The van der Waals surface area contributed by atoms with Crippen molar-refractivity contribution in [2.24, 2.45) is 0 Å². The first-order chi connectivity index (χ1) is 11.6. The predicted molar refractivity (Wildman–Crippen MR) is 94.9 cm³/mol. The summed E-state index contributed by atoms with van der Waals surface area (Å²) in [7, 11) is 0. The highest BCUT2D eigenvalue weighted by atomic mass is 79.9. The molecule has 128 valence electrons. The lowest BCUT2D eigenvalue weighted by molar-refractivity contribution is -0.213. The van der Waals surface area contributed by atoms with Crippen molar-refractivity contribution < 1.29 is 14.6 Å². The maximum atomic E-state index is 11.7. The zero-order chi connectivity index (χ0) is 17.4. The highest BCUT2D eigenvalue weighted by Gasteiger charge is 2.05. The number of hydrogen-bond acceptors (Lipinski definition) is 4. The monoisotopic (exact) mass is 393 g/mol. The van der Waals surface area contributed by atoms with Crippen LogP contribution in [0.2, 0.25) is 0 Å². The van der Waals surface area contributed by atoms with Crippen LogP contribution in [0.3, 0.4) is 0 Å². The van der Waals surface area contributed by atoms with Gasteiger partial charge < -0.3 is 4.98 Å². The second kappa shape index (κ2) is 9.27. The molecule has 2 rings (SSSR count). The second-order valence-electron chi connectivity index (χ2n) is 5.46. The van der Waals surface area contributed by atoms with Crippen molar-refractivity contribution >= 4 is 21.9 Å². The molecular weight excluding hydrogens is 374 g/mol. The number of aromatic nitrogens is 1. The van der Waals surface area contributed by atoms with Crippen molar-refractivity contribution in [3.63, 3.8) is 0 Å². The molecule has 1 aromatic carbocycles. The summed E-state index contributed by atoms with van der Waals surface area (Å²) in [6.45, 7) is 1.90. The van der Waals surface area contributed by atoms with E-state index < -0.39 is 0 Å². The number of hydrogen-bond donors (Lipinski definition) is 1. The van der Waals surface area contributed by atoms with E-state index in [0.29, 0.717) is 18.6 Å². The van der Waals surface area contributed by atoms with Crippen LogP contribution in [0.25, 0.3) is 0 Å². The molecule has 0 amide bonds. The van der Waals surface area contributed by atoms with Gasteiger partial charge in [0.15, 0.2) is 5.75 Å². The van der Waals surface area contributed by atoms with Crippen LogP contribution in [0.4, 0.5) is 0 Å². The second-order valence-corrected chi connectivity index (χ2v) is 6.38. The predicted octanol–water partition coefficient (Wildman–Crippen LogP) is 3.95. The molecule has 0 unspecified atom stereocenters. The van der Waals surface area contributed by atoms with E-state index in [-0.39, 0.29) is 11.5 Å². The maximum absolute atomic E-state index is 11.7. The molecule has 0 aliphatic rings. The van der Waals surface area contributed by atoms with Crippen LogP contribution in [0.1, 0.15) is 37.3 Å². The number of nitrogens with one attached hydrogen (secondary N) is 1. The van der Waals surface area contributed by atoms with E-state index in [4.69, 9.17) is 9.78 Å². The van der Waals surface area contributed by atoms with Gasteiger partial charge in [-0.2, -0.15) is 0 Å². The Labute approximate surface area is 149 Å². The fourth-order valence-corrected chi connectivity index (χ4v) is 2.65. The Bertz CT molecular complexity index is 742. The minimum Gasteiger partial charge on any atom is -0.328 e. The lowest BCUT2D eigenvalue weighted by Gasteiger charge is -2.06. The van der Waals surface area contributed by atoms with E-state index in [0.717, 1.165) is 34.9 Å². The highest BCUT2D eigenvalue weighted by Crippen LogP contribution is 2.16. The lowest BCUT2D eigenvalue weighted by atomic mass is 10.0. The average Bonchev–Trinajstić information content (AvgIpc) is 2.57. The van der Waals surface area contributed by atoms with E-state index >= 15 is 0 Å². The molecule has 5 nitrogen and oxygen atoms in total. The first-order valence-corrected chi connectivity index (χ1v) is 8.71. The van der Waals surface area contributed by atoms with Crippen molar-refractivity contribution in [3.05, 3.63) is 62.5 Å². The quantitative estimate of drug-likeness (QED) is 0.544. The maximum Gasteiger partial charge on any atom is 0.355 e. The van der Waals surface area contributed by atoms with Gasteiger partial charge in [0.25, 0.3) is 5.56 Å². The topological polar surface area (TPSA) is 68.4 Å². The fourth-order valence-electron chi connectivity index (χ4n) is 2.26. The van der Waals surface area contributed by atoms with Crippen molar-refractivity contribution in [2.75, 3.05) is 0 Å². The number of carbonyl (C=O) groups is 1. The molecule has 2 aromatic rings. The molecule has 0 saturated carbocycles. The highest BCUT2D eigenvalue weighted by molar-refractivity contribution is 9.10. The zero-order valence-corrected chi connectivity index (χ0v) is 15.1. The van der Waals surface area contributed by atoms with Crippen molar-refractivity contribution in [2.45, 2.75) is 39.0 Å². The number of pyridine rings is 1. The summed E-state index contributed by atoms with van der Waals surface area (Å²) < 4.78 is 0.862. The van der Waals surface area contributed by atoms with E-state index in [9.17, 15) is 9.59 Å². The van der Waals surface area contributed by atoms with Crippen LogP contribution in [-0.2, 0) is 22.5 Å². The van der Waals surface area contributed by atoms with E-state index in [1.165, 1.54) is 0 Å². The Morgan fingerprint density at radius 3 is 2.88 bits per heavy atom. The Hall–Kier alpha value is -2.08. The molecule has 1 N–H and O–H groups in total. The molecular formula is C18H20BrNO4. The summed E-state index contributed by atoms with van der Waals surface area (Å²) in [4.78, 5) is 35.5. The van der Waals surface area contributed by atoms with Crippen molar-refractivity contribution in [1.82, 2.24) is 4.98 Å². The smallest absolute Gasteiger partial charge is 0.328 e. The normalized spacial score (nSPS) is 10.4. The zero-order valence-electron chi connectivity index (χ0n) is 13.5. The van der Waals surface area contributed by atoms with Gasteiger partial charge >= 0.3 is 5.97 Å². The summed E-state index contributed by atoms with van der Waals surface area (Å²) in [5, 5.41) is 0. The Morgan fingerprint density at radius 2 is 2.08 bits per heavy atom. The summed E-state index contributed by atoms with van der Waals surface area (Å²) in [5.41, 5.74) is 1.76. The van der Waals surface area contributed by atoms with Crippen LogP contribution < -0.4 is 10.4 Å². The molecule has 24 heavy (non-hydrogen) atoms. The molecule has 0 saturated heterocycles. The van der Waals surface area contributed by atoms with Gasteiger partial charge in [0.2, 0.25) is 0 Å². The van der Waals surface area contributed by atoms with Crippen LogP contribution in [0.5, 0.6) is 5.75 Å². The van der Waals surface area contributed by atoms with Crippen LogP contribution >= 0.6 is 15.9 Å². The lowest BCUT2D eigenvalue weighted by Crippen LogP contribution is -2.11. The summed E-state index contributed by atoms with van der Waals surface area (Å²) >= 11 is 3.35. The minimum absolute atomic E-state index is 0.0573. The van der Waals surface area contributed by atoms with Gasteiger partial charge in [-0.3, -0.25) is 14.6 Å². The number of aromatic amines is 1.